The van der Waals surface area contributed by atoms with E-state index in [1.54, 1.807) is 32.9 Å². The van der Waals surface area contributed by atoms with Gasteiger partial charge in [-0.1, -0.05) is 0 Å². The van der Waals surface area contributed by atoms with Crippen molar-refractivity contribution in [2.24, 2.45) is 0 Å². The van der Waals surface area contributed by atoms with Gasteiger partial charge in [0.25, 0.3) is 0 Å². The van der Waals surface area contributed by atoms with Crippen LogP contribution in [0.2, 0.25) is 0 Å². The molecule has 7 nitrogen and oxygen atoms in total. The molecule has 0 spiro atoms. The molecule has 0 atom stereocenters. The Hall–Kier alpha value is -1.29. The van der Waals surface area contributed by atoms with E-state index in [4.69, 9.17) is 9.47 Å². The summed E-state index contributed by atoms with van der Waals surface area (Å²) in [5.74, 6) is 0.508. The number of carbonyl (C=O) groups excluding carboxylic acids is 1. The van der Waals surface area contributed by atoms with Crippen LogP contribution in [0.1, 0.15) is 20.8 Å². The van der Waals surface area contributed by atoms with Gasteiger partial charge >= 0.3 is 6.16 Å². The zero-order valence-electron chi connectivity index (χ0n) is 14.0. The Morgan fingerprint density at radius 1 is 1.13 bits per heavy atom. The average molecular weight is 366 g/mol. The highest BCUT2D eigenvalue weighted by Gasteiger charge is 2.18. The van der Waals surface area contributed by atoms with Gasteiger partial charge in [0.2, 0.25) is 10.4 Å². The minimum absolute atomic E-state index is 0.212. The maximum Gasteiger partial charge on any atom is 0.514 e. The molecule has 0 radical (unpaired) electrons. The first kappa shape index (κ1) is 21.7. The Morgan fingerprint density at radius 2 is 1.57 bits per heavy atom. The van der Waals surface area contributed by atoms with Gasteiger partial charge in [-0.15, -0.1) is 0 Å². The van der Waals surface area contributed by atoms with Gasteiger partial charge in [0, 0.05) is 10.9 Å². The fourth-order valence-corrected chi connectivity index (χ4v) is 1.83. The second-order valence-corrected chi connectivity index (χ2v) is 8.68. The van der Waals surface area contributed by atoms with Crippen molar-refractivity contribution in [3.05, 3.63) is 24.3 Å². The number of hydrogen-bond acceptors (Lipinski definition) is 7. The van der Waals surface area contributed by atoms with Gasteiger partial charge < -0.3 is 14.0 Å². The van der Waals surface area contributed by atoms with Crippen LogP contribution in [0.25, 0.3) is 0 Å². The maximum absolute atomic E-state index is 11.4. The van der Waals surface area contributed by atoms with Crippen molar-refractivity contribution >= 4 is 27.4 Å². The molecule has 0 aliphatic heterocycles. The number of hydrogen-bond donors (Lipinski definition) is 0. The summed E-state index contributed by atoms with van der Waals surface area (Å²) in [5.41, 5.74) is -0.531. The summed E-state index contributed by atoms with van der Waals surface area (Å²) in [6, 6.07) is 7.49. The largest absolute Gasteiger partial charge is 0.726 e. The number of rotatable bonds is 3. The number of benzene rings is 1. The van der Waals surface area contributed by atoms with Gasteiger partial charge in [0.15, 0.2) is 4.90 Å². The predicted octanol–water partition coefficient (Wildman–Crippen LogP) is 2.33. The minimum atomic E-state index is -4.41. The van der Waals surface area contributed by atoms with Gasteiger partial charge in [-0.25, -0.2) is 13.2 Å². The normalized spacial score (nSPS) is 11.5. The molecule has 0 aliphatic carbocycles. The lowest BCUT2D eigenvalue weighted by atomic mass is 10.2. The summed E-state index contributed by atoms with van der Waals surface area (Å²) in [4.78, 5) is 12.6. The Balaban J connectivity index is 0.000000688. The molecule has 0 fully saturated rings. The minimum Gasteiger partial charge on any atom is -0.726 e. The molecule has 0 amide bonds. The van der Waals surface area contributed by atoms with E-state index >= 15 is 0 Å². The van der Waals surface area contributed by atoms with Crippen molar-refractivity contribution in [2.45, 2.75) is 31.3 Å². The number of carbonyl (C=O) groups is 1. The summed E-state index contributed by atoms with van der Waals surface area (Å²) in [5, 5.41) is 0. The summed E-state index contributed by atoms with van der Waals surface area (Å²) >= 11 is 0. The lowest BCUT2D eigenvalue weighted by Crippen LogP contribution is -2.25. The van der Waals surface area contributed by atoms with E-state index in [9.17, 15) is 17.8 Å². The van der Waals surface area contributed by atoms with E-state index in [0.29, 0.717) is 5.75 Å². The van der Waals surface area contributed by atoms with Crippen molar-refractivity contribution in [3.63, 3.8) is 0 Å². The van der Waals surface area contributed by atoms with Crippen molar-refractivity contribution in [2.75, 3.05) is 19.6 Å². The van der Waals surface area contributed by atoms with Crippen LogP contribution in [0.15, 0.2) is 29.2 Å². The zero-order chi connectivity index (χ0) is 18.3. The molecule has 0 bridgehead atoms. The Morgan fingerprint density at radius 3 is 1.87 bits per heavy atom. The monoisotopic (exact) mass is 366 g/mol. The topological polar surface area (TPSA) is 102 Å². The fraction of sp³-hybridized carbons (Fsp3) is 0.500. The van der Waals surface area contributed by atoms with Crippen LogP contribution in [-0.2, 0) is 30.2 Å². The third kappa shape index (κ3) is 11.9. The third-order valence-corrected chi connectivity index (χ3v) is 3.71. The molecule has 9 heteroatoms. The van der Waals surface area contributed by atoms with E-state index in [1.807, 2.05) is 12.1 Å². The fourth-order valence-electron chi connectivity index (χ4n) is 1.15. The summed E-state index contributed by atoms with van der Waals surface area (Å²) in [6.45, 7) is 5.41. The van der Waals surface area contributed by atoms with Crippen LogP contribution in [0, 0.1) is 0 Å². The maximum atomic E-state index is 11.4. The van der Waals surface area contributed by atoms with Gasteiger partial charge in [0.05, 0.1) is 7.11 Å². The molecule has 0 saturated carbocycles. The molecular formula is C14H22O7S2. The van der Waals surface area contributed by atoms with Crippen molar-refractivity contribution in [3.8, 4) is 5.75 Å². The van der Waals surface area contributed by atoms with Crippen molar-refractivity contribution < 1.29 is 31.4 Å². The first-order valence-corrected chi connectivity index (χ1v) is 9.81. The summed E-state index contributed by atoms with van der Waals surface area (Å²) in [6.07, 6.45) is 3.62. The molecule has 0 aromatic heterocycles. The van der Waals surface area contributed by atoms with E-state index in [-0.39, 0.29) is 10.9 Å². The van der Waals surface area contributed by atoms with Gasteiger partial charge in [-0.2, -0.15) is 0 Å². The Labute approximate surface area is 140 Å². The second-order valence-electron chi connectivity index (χ2n) is 5.43. The highest BCUT2D eigenvalue weighted by atomic mass is 32.3. The van der Waals surface area contributed by atoms with Crippen molar-refractivity contribution in [1.82, 2.24) is 0 Å². The molecule has 1 aromatic carbocycles. The SMILES string of the molecule is COS(=O)(=O)[O-].C[S+](C)c1ccc(OC(=O)OC(C)(C)C)cc1. The van der Waals surface area contributed by atoms with Crippen LogP contribution in [0.4, 0.5) is 4.79 Å². The standard InChI is InChI=1S/C13H19O3S.CH4O4S/c1-13(2,3)16-12(14)15-10-6-8-11(9-7-10)17(4)5;1-5-6(2,3)4/h6-9H,1-5H3;1H3,(H,2,3,4)/q+1;/p-1. The zero-order valence-corrected chi connectivity index (χ0v) is 15.6. The number of ether oxygens (including phenoxy) is 2. The molecule has 0 unspecified atom stereocenters. The molecule has 0 saturated heterocycles. The van der Waals surface area contributed by atoms with Crippen LogP contribution >= 0.6 is 0 Å². The van der Waals surface area contributed by atoms with Gasteiger partial charge in [0.1, 0.15) is 23.9 Å². The highest BCUT2D eigenvalue weighted by molar-refractivity contribution is 7.95. The highest BCUT2D eigenvalue weighted by Crippen LogP contribution is 2.17. The van der Waals surface area contributed by atoms with Crippen LogP contribution in [0.3, 0.4) is 0 Å². The molecule has 0 aliphatic rings. The van der Waals surface area contributed by atoms with E-state index in [2.05, 4.69) is 16.7 Å². The van der Waals surface area contributed by atoms with Gasteiger partial charge in [-0.3, -0.25) is 4.18 Å². The molecule has 132 valence electrons. The molecule has 23 heavy (non-hydrogen) atoms. The van der Waals surface area contributed by atoms with E-state index in [0.717, 1.165) is 7.11 Å². The quantitative estimate of drug-likeness (QED) is 0.266. The van der Waals surface area contributed by atoms with Gasteiger partial charge in [-0.05, 0) is 45.0 Å². The lowest BCUT2D eigenvalue weighted by Gasteiger charge is -2.18. The first-order chi connectivity index (χ1) is 10.3. The molecule has 1 rings (SSSR count). The molecule has 1 aromatic rings. The molecular weight excluding hydrogens is 344 g/mol. The summed E-state index contributed by atoms with van der Waals surface area (Å²) < 4.78 is 41.1. The van der Waals surface area contributed by atoms with E-state index in [1.165, 1.54) is 4.90 Å². The van der Waals surface area contributed by atoms with Crippen LogP contribution in [0.5, 0.6) is 5.75 Å². The Kier molecular flexibility index (Phi) is 8.60. The molecule has 0 N–H and O–H groups in total. The summed E-state index contributed by atoms with van der Waals surface area (Å²) in [7, 11) is -3.39. The smallest absolute Gasteiger partial charge is 0.514 e. The van der Waals surface area contributed by atoms with Crippen LogP contribution in [-0.4, -0.2) is 44.3 Å². The molecule has 0 heterocycles. The Bertz CT molecular complexity index is 587. The van der Waals surface area contributed by atoms with Crippen molar-refractivity contribution in [1.29, 1.82) is 0 Å². The third-order valence-electron chi connectivity index (χ3n) is 2.09. The predicted molar refractivity (Wildman–Crippen MR) is 87.5 cm³/mol. The average Bonchev–Trinajstić information content (AvgIpc) is 2.37. The lowest BCUT2D eigenvalue weighted by molar-refractivity contribution is 0.0206. The van der Waals surface area contributed by atoms with E-state index < -0.39 is 22.2 Å². The van der Waals surface area contributed by atoms with Crippen LogP contribution < -0.4 is 4.74 Å². The second kappa shape index (κ2) is 9.11. The first-order valence-electron chi connectivity index (χ1n) is 6.44.